The van der Waals surface area contributed by atoms with Crippen LogP contribution in [0.3, 0.4) is 0 Å². The van der Waals surface area contributed by atoms with Crippen molar-refractivity contribution in [2.24, 2.45) is 5.92 Å². The molecule has 2 nitrogen and oxygen atoms in total. The van der Waals surface area contributed by atoms with Gasteiger partial charge in [0.25, 0.3) is 0 Å². The molecule has 14 heavy (non-hydrogen) atoms. The molecule has 1 aromatic carbocycles. The second kappa shape index (κ2) is 3.67. The highest BCUT2D eigenvalue weighted by Gasteiger charge is 2.22. The van der Waals surface area contributed by atoms with Crippen molar-refractivity contribution in [1.29, 1.82) is 5.26 Å². The molecule has 1 fully saturated rings. The Balaban J connectivity index is 2.14. The van der Waals surface area contributed by atoms with Gasteiger partial charge in [0, 0.05) is 0 Å². The van der Waals surface area contributed by atoms with E-state index in [1.54, 1.807) is 12.1 Å². The van der Waals surface area contributed by atoms with E-state index in [9.17, 15) is 4.39 Å². The van der Waals surface area contributed by atoms with E-state index in [2.05, 4.69) is 0 Å². The van der Waals surface area contributed by atoms with Crippen molar-refractivity contribution in [1.82, 2.24) is 0 Å². The molecule has 0 aliphatic heterocycles. The fraction of sp³-hybridized carbons (Fsp3) is 0.364. The molecule has 3 heteroatoms. The molecule has 0 bridgehead atoms. The summed E-state index contributed by atoms with van der Waals surface area (Å²) in [5.74, 6) is 0.449. The zero-order valence-corrected chi connectivity index (χ0v) is 7.66. The van der Waals surface area contributed by atoms with Crippen LogP contribution in [0, 0.1) is 23.1 Å². The van der Waals surface area contributed by atoms with Crippen LogP contribution in [0.15, 0.2) is 18.2 Å². The highest BCUT2D eigenvalue weighted by atomic mass is 19.1. The molecular weight excluding hydrogens is 181 g/mol. The summed E-state index contributed by atoms with van der Waals surface area (Å²) in [6, 6.07) is 6.26. The van der Waals surface area contributed by atoms with E-state index in [0.717, 1.165) is 0 Å². The Morgan fingerprint density at radius 2 is 2.29 bits per heavy atom. The molecule has 1 aliphatic rings. The van der Waals surface area contributed by atoms with Gasteiger partial charge in [0.2, 0.25) is 0 Å². The fourth-order valence-corrected chi connectivity index (χ4v) is 1.23. The van der Waals surface area contributed by atoms with Crippen LogP contribution in [0.4, 0.5) is 4.39 Å². The molecule has 0 aromatic heterocycles. The standard InChI is InChI=1S/C11H10FNO/c12-10-2-1-3-11(9(10)6-13)14-7-8-4-5-8/h1-3,8H,4-5,7H2. The second-order valence-electron chi connectivity index (χ2n) is 3.48. The molecule has 0 atom stereocenters. The van der Waals surface area contributed by atoms with Crippen molar-refractivity contribution in [3.63, 3.8) is 0 Å². The van der Waals surface area contributed by atoms with E-state index < -0.39 is 5.82 Å². The Kier molecular flexibility index (Phi) is 2.36. The van der Waals surface area contributed by atoms with E-state index in [1.807, 2.05) is 6.07 Å². The van der Waals surface area contributed by atoms with E-state index in [0.29, 0.717) is 18.3 Å². The summed E-state index contributed by atoms with van der Waals surface area (Å²) in [4.78, 5) is 0. The molecule has 0 spiro atoms. The summed E-state index contributed by atoms with van der Waals surface area (Å²) in [7, 11) is 0. The third kappa shape index (κ3) is 1.85. The highest BCUT2D eigenvalue weighted by Crippen LogP contribution is 2.30. The summed E-state index contributed by atoms with van der Waals surface area (Å²) in [6.07, 6.45) is 2.36. The molecule has 1 aliphatic carbocycles. The molecule has 0 unspecified atom stereocenters. The van der Waals surface area contributed by atoms with Gasteiger partial charge in [-0.25, -0.2) is 4.39 Å². The van der Waals surface area contributed by atoms with Gasteiger partial charge >= 0.3 is 0 Å². The number of benzene rings is 1. The van der Waals surface area contributed by atoms with Crippen molar-refractivity contribution < 1.29 is 9.13 Å². The zero-order chi connectivity index (χ0) is 9.97. The maximum Gasteiger partial charge on any atom is 0.144 e. The summed E-state index contributed by atoms with van der Waals surface area (Å²) in [5.41, 5.74) is 0.00755. The SMILES string of the molecule is N#Cc1c(F)cccc1OCC1CC1. The van der Waals surface area contributed by atoms with E-state index in [4.69, 9.17) is 10.00 Å². The van der Waals surface area contributed by atoms with Crippen LogP contribution in [0.5, 0.6) is 5.75 Å². The maximum absolute atomic E-state index is 13.1. The summed E-state index contributed by atoms with van der Waals surface area (Å²) in [6.45, 7) is 0.595. The Bertz CT molecular complexity index is 379. The average molecular weight is 191 g/mol. The normalized spacial score (nSPS) is 14.9. The lowest BCUT2D eigenvalue weighted by molar-refractivity contribution is 0.297. The van der Waals surface area contributed by atoms with Crippen molar-refractivity contribution in [3.8, 4) is 11.8 Å². The molecule has 0 amide bonds. The number of rotatable bonds is 3. The predicted molar refractivity (Wildman–Crippen MR) is 49.3 cm³/mol. The number of nitriles is 1. The van der Waals surface area contributed by atoms with Crippen LogP contribution in [0.1, 0.15) is 18.4 Å². The first-order valence-corrected chi connectivity index (χ1v) is 4.62. The van der Waals surface area contributed by atoms with Gasteiger partial charge in [-0.3, -0.25) is 0 Å². The van der Waals surface area contributed by atoms with Crippen LogP contribution in [0.25, 0.3) is 0 Å². The van der Waals surface area contributed by atoms with Crippen LogP contribution >= 0.6 is 0 Å². The van der Waals surface area contributed by atoms with Crippen LogP contribution in [0.2, 0.25) is 0 Å². The molecule has 0 radical (unpaired) electrons. The monoisotopic (exact) mass is 191 g/mol. The Morgan fingerprint density at radius 3 is 2.93 bits per heavy atom. The van der Waals surface area contributed by atoms with Gasteiger partial charge in [-0.15, -0.1) is 0 Å². The minimum absolute atomic E-state index is 0.00755. The van der Waals surface area contributed by atoms with Crippen LogP contribution < -0.4 is 4.74 Å². The highest BCUT2D eigenvalue weighted by molar-refractivity contribution is 5.43. The molecule has 0 N–H and O–H groups in total. The maximum atomic E-state index is 13.1. The first kappa shape index (κ1) is 9.01. The van der Waals surface area contributed by atoms with E-state index in [1.165, 1.54) is 18.9 Å². The Hall–Kier alpha value is -1.56. The number of hydrogen-bond donors (Lipinski definition) is 0. The third-order valence-corrected chi connectivity index (χ3v) is 2.26. The van der Waals surface area contributed by atoms with E-state index in [-0.39, 0.29) is 5.56 Å². The first-order valence-electron chi connectivity index (χ1n) is 4.62. The van der Waals surface area contributed by atoms with E-state index >= 15 is 0 Å². The first-order chi connectivity index (χ1) is 6.81. The second-order valence-corrected chi connectivity index (χ2v) is 3.48. The zero-order valence-electron chi connectivity index (χ0n) is 7.66. The average Bonchev–Trinajstić information content (AvgIpc) is 2.98. The molecule has 1 saturated carbocycles. The Morgan fingerprint density at radius 1 is 1.50 bits per heavy atom. The number of ether oxygens (including phenoxy) is 1. The molecule has 1 aromatic rings. The van der Waals surface area contributed by atoms with Crippen molar-refractivity contribution in [2.75, 3.05) is 6.61 Å². The Labute approximate surface area is 81.9 Å². The summed E-state index contributed by atoms with van der Waals surface area (Å²) in [5, 5.41) is 8.71. The van der Waals surface area contributed by atoms with Crippen molar-refractivity contribution >= 4 is 0 Å². The van der Waals surface area contributed by atoms with Gasteiger partial charge in [-0.2, -0.15) is 5.26 Å². The summed E-state index contributed by atoms with van der Waals surface area (Å²) < 4.78 is 18.5. The lowest BCUT2D eigenvalue weighted by Gasteiger charge is -2.06. The van der Waals surface area contributed by atoms with Crippen LogP contribution in [-0.4, -0.2) is 6.61 Å². The van der Waals surface area contributed by atoms with Gasteiger partial charge in [-0.05, 0) is 30.9 Å². The number of halogens is 1. The quantitative estimate of drug-likeness (QED) is 0.735. The van der Waals surface area contributed by atoms with Gasteiger partial charge in [0.15, 0.2) is 0 Å². The predicted octanol–water partition coefficient (Wildman–Crippen LogP) is 2.49. The van der Waals surface area contributed by atoms with Crippen molar-refractivity contribution in [2.45, 2.75) is 12.8 Å². The van der Waals surface area contributed by atoms with Crippen LogP contribution in [-0.2, 0) is 0 Å². The minimum atomic E-state index is -0.513. The number of nitrogens with zero attached hydrogens (tertiary/aromatic N) is 1. The van der Waals surface area contributed by atoms with Gasteiger partial charge in [0.1, 0.15) is 23.2 Å². The lowest BCUT2D eigenvalue weighted by Crippen LogP contribution is -2.01. The van der Waals surface area contributed by atoms with Gasteiger partial charge in [0.05, 0.1) is 6.61 Å². The smallest absolute Gasteiger partial charge is 0.144 e. The molecule has 72 valence electrons. The topological polar surface area (TPSA) is 33.0 Å². The summed E-state index contributed by atoms with van der Waals surface area (Å²) >= 11 is 0. The van der Waals surface area contributed by atoms with Gasteiger partial charge in [-0.1, -0.05) is 6.07 Å². The van der Waals surface area contributed by atoms with Crippen molar-refractivity contribution in [3.05, 3.63) is 29.6 Å². The molecule has 0 saturated heterocycles. The minimum Gasteiger partial charge on any atom is -0.492 e. The molecular formula is C11H10FNO. The lowest BCUT2D eigenvalue weighted by atomic mass is 10.2. The fourth-order valence-electron chi connectivity index (χ4n) is 1.23. The largest absolute Gasteiger partial charge is 0.492 e. The molecule has 0 heterocycles. The third-order valence-electron chi connectivity index (χ3n) is 2.26. The van der Waals surface area contributed by atoms with Gasteiger partial charge < -0.3 is 4.74 Å². The molecule has 2 rings (SSSR count). The number of hydrogen-bond acceptors (Lipinski definition) is 2.